The Morgan fingerprint density at radius 2 is 2.42 bits per heavy atom. The van der Waals surface area contributed by atoms with Crippen molar-refractivity contribution in [1.82, 2.24) is 5.32 Å². The molecule has 72 valence electrons. The lowest BCUT2D eigenvalue weighted by molar-refractivity contribution is -0.148. The highest BCUT2D eigenvalue weighted by molar-refractivity contribution is 5.85. The van der Waals surface area contributed by atoms with Gasteiger partial charge in [-0.15, -0.1) is 12.4 Å². The SMILES string of the molecule is CCCC(=O)O[C@H]1CCNC1.Cl. The van der Waals surface area contributed by atoms with Crippen LogP contribution in [0.2, 0.25) is 0 Å². The van der Waals surface area contributed by atoms with E-state index in [2.05, 4.69) is 5.32 Å². The average Bonchev–Trinajstić information content (AvgIpc) is 2.40. The van der Waals surface area contributed by atoms with Crippen molar-refractivity contribution in [3.8, 4) is 0 Å². The zero-order chi connectivity index (χ0) is 8.10. The minimum absolute atomic E-state index is 0. The van der Waals surface area contributed by atoms with Crippen LogP contribution in [-0.2, 0) is 9.53 Å². The summed E-state index contributed by atoms with van der Waals surface area (Å²) in [6, 6.07) is 0. The second-order valence-corrected chi connectivity index (χ2v) is 2.85. The molecule has 1 N–H and O–H groups in total. The van der Waals surface area contributed by atoms with E-state index >= 15 is 0 Å². The molecule has 0 radical (unpaired) electrons. The first-order valence-electron chi connectivity index (χ1n) is 4.23. The van der Waals surface area contributed by atoms with E-state index in [1.165, 1.54) is 0 Å². The number of carbonyl (C=O) groups excluding carboxylic acids is 1. The second kappa shape index (κ2) is 6.26. The molecule has 1 aliphatic rings. The van der Waals surface area contributed by atoms with Gasteiger partial charge in [0.15, 0.2) is 0 Å². The fraction of sp³-hybridized carbons (Fsp3) is 0.875. The molecule has 0 saturated carbocycles. The molecule has 1 saturated heterocycles. The molecular formula is C8H16ClNO2. The van der Waals surface area contributed by atoms with Crippen LogP contribution in [0.5, 0.6) is 0 Å². The van der Waals surface area contributed by atoms with Crippen LogP contribution in [0, 0.1) is 0 Å². The Balaban J connectivity index is 0.00000121. The Hall–Kier alpha value is -0.280. The zero-order valence-electron chi connectivity index (χ0n) is 7.34. The van der Waals surface area contributed by atoms with Gasteiger partial charge in [-0.1, -0.05) is 6.92 Å². The third-order valence-electron chi connectivity index (χ3n) is 1.77. The van der Waals surface area contributed by atoms with Crippen molar-refractivity contribution in [2.75, 3.05) is 13.1 Å². The molecule has 1 atom stereocenters. The number of hydrogen-bond donors (Lipinski definition) is 1. The fourth-order valence-corrected chi connectivity index (χ4v) is 1.18. The molecular weight excluding hydrogens is 178 g/mol. The van der Waals surface area contributed by atoms with Crippen LogP contribution in [-0.4, -0.2) is 25.2 Å². The van der Waals surface area contributed by atoms with Gasteiger partial charge in [-0.2, -0.15) is 0 Å². The predicted molar refractivity (Wildman–Crippen MR) is 49.5 cm³/mol. The summed E-state index contributed by atoms with van der Waals surface area (Å²) in [6.45, 7) is 3.79. The number of rotatable bonds is 3. The Kier molecular flexibility index (Phi) is 6.11. The molecule has 1 fully saturated rings. The molecule has 0 amide bonds. The monoisotopic (exact) mass is 193 g/mol. The molecule has 1 heterocycles. The van der Waals surface area contributed by atoms with Crippen LogP contribution >= 0.6 is 12.4 Å². The first-order chi connectivity index (χ1) is 5.33. The standard InChI is InChI=1S/C8H15NO2.ClH/c1-2-3-8(10)11-7-4-5-9-6-7;/h7,9H,2-6H2,1H3;1H/t7-;/m0./s1. The zero-order valence-corrected chi connectivity index (χ0v) is 8.15. The lowest BCUT2D eigenvalue weighted by Gasteiger charge is -2.09. The quantitative estimate of drug-likeness (QED) is 0.683. The summed E-state index contributed by atoms with van der Waals surface area (Å²) < 4.78 is 5.15. The number of nitrogens with one attached hydrogen (secondary N) is 1. The highest BCUT2D eigenvalue weighted by atomic mass is 35.5. The number of ether oxygens (including phenoxy) is 1. The maximum atomic E-state index is 10.9. The number of carbonyl (C=O) groups is 1. The molecule has 0 aromatic rings. The third-order valence-corrected chi connectivity index (χ3v) is 1.77. The minimum Gasteiger partial charge on any atom is -0.461 e. The van der Waals surface area contributed by atoms with E-state index in [1.807, 2.05) is 6.92 Å². The van der Waals surface area contributed by atoms with E-state index in [-0.39, 0.29) is 24.5 Å². The summed E-state index contributed by atoms with van der Waals surface area (Å²) in [5.41, 5.74) is 0. The van der Waals surface area contributed by atoms with Crippen molar-refractivity contribution in [3.05, 3.63) is 0 Å². The normalized spacial score (nSPS) is 21.6. The third kappa shape index (κ3) is 3.93. The Bertz CT molecular complexity index is 135. The topological polar surface area (TPSA) is 38.3 Å². The van der Waals surface area contributed by atoms with Gasteiger partial charge < -0.3 is 10.1 Å². The fourth-order valence-electron chi connectivity index (χ4n) is 1.18. The molecule has 1 rings (SSSR count). The molecule has 4 heteroatoms. The first kappa shape index (κ1) is 11.7. The van der Waals surface area contributed by atoms with Crippen LogP contribution in [0.15, 0.2) is 0 Å². The summed E-state index contributed by atoms with van der Waals surface area (Å²) in [7, 11) is 0. The summed E-state index contributed by atoms with van der Waals surface area (Å²) >= 11 is 0. The van der Waals surface area contributed by atoms with E-state index in [1.54, 1.807) is 0 Å². The number of hydrogen-bond acceptors (Lipinski definition) is 3. The van der Waals surface area contributed by atoms with Crippen molar-refractivity contribution in [1.29, 1.82) is 0 Å². The van der Waals surface area contributed by atoms with Gasteiger partial charge in [-0.05, 0) is 19.4 Å². The molecule has 0 bridgehead atoms. The molecule has 0 aromatic heterocycles. The van der Waals surface area contributed by atoms with Crippen molar-refractivity contribution >= 4 is 18.4 Å². The van der Waals surface area contributed by atoms with Gasteiger partial charge in [0.25, 0.3) is 0 Å². The van der Waals surface area contributed by atoms with Gasteiger partial charge in [0.05, 0.1) is 0 Å². The predicted octanol–water partition coefficient (Wildman–Crippen LogP) is 1.11. The van der Waals surface area contributed by atoms with Gasteiger partial charge >= 0.3 is 5.97 Å². The molecule has 0 aromatic carbocycles. The summed E-state index contributed by atoms with van der Waals surface area (Å²) in [6.07, 6.45) is 2.53. The van der Waals surface area contributed by atoms with Crippen LogP contribution in [0.1, 0.15) is 26.2 Å². The highest BCUT2D eigenvalue weighted by Gasteiger charge is 2.17. The lowest BCUT2D eigenvalue weighted by Crippen LogP contribution is -2.20. The Morgan fingerprint density at radius 3 is 2.92 bits per heavy atom. The van der Waals surface area contributed by atoms with Crippen molar-refractivity contribution in [2.45, 2.75) is 32.3 Å². The molecule has 3 nitrogen and oxygen atoms in total. The van der Waals surface area contributed by atoms with E-state index in [0.29, 0.717) is 6.42 Å². The van der Waals surface area contributed by atoms with E-state index in [0.717, 1.165) is 25.9 Å². The second-order valence-electron chi connectivity index (χ2n) is 2.85. The average molecular weight is 194 g/mol. The molecule has 0 spiro atoms. The molecule has 12 heavy (non-hydrogen) atoms. The maximum Gasteiger partial charge on any atom is 0.306 e. The summed E-state index contributed by atoms with van der Waals surface area (Å²) in [4.78, 5) is 10.9. The highest BCUT2D eigenvalue weighted by Crippen LogP contribution is 2.04. The first-order valence-corrected chi connectivity index (χ1v) is 4.23. The van der Waals surface area contributed by atoms with Crippen LogP contribution in [0.25, 0.3) is 0 Å². The van der Waals surface area contributed by atoms with Crippen molar-refractivity contribution < 1.29 is 9.53 Å². The van der Waals surface area contributed by atoms with E-state index < -0.39 is 0 Å². The summed E-state index contributed by atoms with van der Waals surface area (Å²) in [5.74, 6) is -0.0544. The van der Waals surface area contributed by atoms with Crippen LogP contribution in [0.3, 0.4) is 0 Å². The summed E-state index contributed by atoms with van der Waals surface area (Å²) in [5, 5.41) is 3.14. The maximum absolute atomic E-state index is 10.9. The van der Waals surface area contributed by atoms with E-state index in [4.69, 9.17) is 4.74 Å². The van der Waals surface area contributed by atoms with Gasteiger partial charge in [-0.3, -0.25) is 4.79 Å². The number of halogens is 1. The molecule has 0 unspecified atom stereocenters. The largest absolute Gasteiger partial charge is 0.461 e. The lowest BCUT2D eigenvalue weighted by atomic mass is 10.3. The van der Waals surface area contributed by atoms with Crippen LogP contribution < -0.4 is 5.32 Å². The minimum atomic E-state index is -0.0544. The Labute approximate surface area is 79.3 Å². The van der Waals surface area contributed by atoms with Gasteiger partial charge in [-0.25, -0.2) is 0 Å². The van der Waals surface area contributed by atoms with Gasteiger partial charge in [0.2, 0.25) is 0 Å². The van der Waals surface area contributed by atoms with Gasteiger partial charge in [0.1, 0.15) is 6.10 Å². The Morgan fingerprint density at radius 1 is 1.67 bits per heavy atom. The molecule has 0 aliphatic carbocycles. The van der Waals surface area contributed by atoms with Crippen molar-refractivity contribution in [2.24, 2.45) is 0 Å². The smallest absolute Gasteiger partial charge is 0.306 e. The number of esters is 1. The van der Waals surface area contributed by atoms with Gasteiger partial charge in [0, 0.05) is 13.0 Å². The van der Waals surface area contributed by atoms with E-state index in [9.17, 15) is 4.79 Å². The molecule has 1 aliphatic heterocycles. The van der Waals surface area contributed by atoms with Crippen molar-refractivity contribution in [3.63, 3.8) is 0 Å². The van der Waals surface area contributed by atoms with Crippen LogP contribution in [0.4, 0.5) is 0 Å².